The van der Waals surface area contributed by atoms with Crippen molar-refractivity contribution in [3.8, 4) is 0 Å². The van der Waals surface area contributed by atoms with Crippen LogP contribution in [0.3, 0.4) is 0 Å². The summed E-state index contributed by atoms with van der Waals surface area (Å²) >= 11 is 0. The highest BCUT2D eigenvalue weighted by atomic mass is 19.1. The molecule has 0 bridgehead atoms. The molecule has 64 valence electrons. The Morgan fingerprint density at radius 3 is 2.50 bits per heavy atom. The van der Waals surface area contributed by atoms with E-state index in [9.17, 15) is 4.39 Å². The van der Waals surface area contributed by atoms with Crippen LogP contribution in [0.25, 0.3) is 6.08 Å². The van der Waals surface area contributed by atoms with E-state index >= 15 is 0 Å². The van der Waals surface area contributed by atoms with Crippen molar-refractivity contribution in [2.24, 2.45) is 0 Å². The second-order valence-electron chi connectivity index (χ2n) is 2.40. The van der Waals surface area contributed by atoms with Crippen LogP contribution in [0.2, 0.25) is 0 Å². The number of rotatable bonds is 4. The Labute approximate surface area is 71.5 Å². The first-order valence-corrected chi connectivity index (χ1v) is 3.72. The number of halogens is 1. The van der Waals surface area contributed by atoms with Gasteiger partial charge in [-0.25, -0.2) is 4.39 Å². The van der Waals surface area contributed by atoms with Gasteiger partial charge in [0.1, 0.15) is 0 Å². The minimum absolute atomic E-state index is 0.327. The summed E-state index contributed by atoms with van der Waals surface area (Å²) in [4.78, 5) is 0. The summed E-state index contributed by atoms with van der Waals surface area (Å²) in [6, 6.07) is 7.63. The lowest BCUT2D eigenvalue weighted by atomic mass is 10.1. The molecule has 0 spiro atoms. The molecule has 1 nitrogen and oxygen atoms in total. The fraction of sp³-hybridized carbons (Fsp3) is 0.200. The smallest absolute Gasteiger partial charge is 0.188 e. The summed E-state index contributed by atoms with van der Waals surface area (Å²) in [5, 5.41) is 0. The van der Waals surface area contributed by atoms with E-state index in [-0.39, 0.29) is 0 Å². The topological polar surface area (TPSA) is 9.23 Å². The Kier molecular flexibility index (Phi) is 3.48. The monoisotopic (exact) mass is 166 g/mol. The lowest BCUT2D eigenvalue weighted by Gasteiger charge is -1.99. The van der Waals surface area contributed by atoms with Crippen molar-refractivity contribution in [3.63, 3.8) is 0 Å². The fourth-order valence-corrected chi connectivity index (χ4v) is 0.906. The molecule has 0 radical (unpaired) electrons. The Morgan fingerprint density at radius 1 is 1.33 bits per heavy atom. The van der Waals surface area contributed by atoms with Crippen LogP contribution in [-0.2, 0) is 11.3 Å². The Bertz CT molecular complexity index is 241. The molecule has 0 atom stereocenters. The second kappa shape index (κ2) is 4.67. The highest BCUT2D eigenvalue weighted by molar-refractivity contribution is 5.47. The van der Waals surface area contributed by atoms with Crippen LogP contribution in [0, 0.1) is 0 Å². The Morgan fingerprint density at radius 2 is 2.00 bits per heavy atom. The van der Waals surface area contributed by atoms with E-state index in [1.807, 2.05) is 24.3 Å². The average Bonchev–Trinajstić information content (AvgIpc) is 2.15. The SMILES string of the molecule is C=Cc1ccc(COCF)cc1. The van der Waals surface area contributed by atoms with E-state index in [0.29, 0.717) is 6.61 Å². The summed E-state index contributed by atoms with van der Waals surface area (Å²) in [7, 11) is 0. The third kappa shape index (κ3) is 2.47. The number of benzene rings is 1. The van der Waals surface area contributed by atoms with Gasteiger partial charge in [0.15, 0.2) is 6.86 Å². The summed E-state index contributed by atoms with van der Waals surface area (Å²) < 4.78 is 16.2. The molecular weight excluding hydrogens is 155 g/mol. The molecule has 0 aliphatic heterocycles. The van der Waals surface area contributed by atoms with E-state index in [0.717, 1.165) is 11.1 Å². The second-order valence-corrected chi connectivity index (χ2v) is 2.40. The highest BCUT2D eigenvalue weighted by Crippen LogP contribution is 2.06. The molecule has 0 saturated carbocycles. The molecule has 1 rings (SSSR count). The standard InChI is InChI=1S/C10H11FO/c1-2-9-3-5-10(6-4-9)7-12-8-11/h2-6H,1,7-8H2. The van der Waals surface area contributed by atoms with Gasteiger partial charge in [-0.15, -0.1) is 0 Å². The maximum Gasteiger partial charge on any atom is 0.188 e. The van der Waals surface area contributed by atoms with E-state index in [1.54, 1.807) is 6.08 Å². The molecule has 0 aliphatic rings. The van der Waals surface area contributed by atoms with Gasteiger partial charge in [-0.05, 0) is 11.1 Å². The summed E-state index contributed by atoms with van der Waals surface area (Å²) in [5.41, 5.74) is 2.03. The van der Waals surface area contributed by atoms with Crippen molar-refractivity contribution >= 4 is 6.08 Å². The van der Waals surface area contributed by atoms with E-state index in [4.69, 9.17) is 0 Å². The third-order valence-corrected chi connectivity index (χ3v) is 1.56. The van der Waals surface area contributed by atoms with Crippen molar-refractivity contribution in [1.29, 1.82) is 0 Å². The number of hydrogen-bond acceptors (Lipinski definition) is 1. The van der Waals surface area contributed by atoms with Gasteiger partial charge in [0.05, 0.1) is 6.61 Å². The van der Waals surface area contributed by atoms with Crippen LogP contribution in [0.5, 0.6) is 0 Å². The van der Waals surface area contributed by atoms with Gasteiger partial charge < -0.3 is 4.74 Å². The van der Waals surface area contributed by atoms with Crippen LogP contribution in [0.1, 0.15) is 11.1 Å². The lowest BCUT2D eigenvalue weighted by Crippen LogP contribution is -1.90. The van der Waals surface area contributed by atoms with Crippen LogP contribution < -0.4 is 0 Å². The normalized spacial score (nSPS) is 9.75. The fourth-order valence-electron chi connectivity index (χ4n) is 0.906. The zero-order chi connectivity index (χ0) is 8.81. The first kappa shape index (κ1) is 8.94. The largest absolute Gasteiger partial charge is 0.346 e. The van der Waals surface area contributed by atoms with Crippen molar-refractivity contribution in [2.75, 3.05) is 6.86 Å². The van der Waals surface area contributed by atoms with E-state index in [2.05, 4.69) is 11.3 Å². The van der Waals surface area contributed by atoms with Crippen molar-refractivity contribution < 1.29 is 9.13 Å². The number of alkyl halides is 1. The van der Waals surface area contributed by atoms with Gasteiger partial charge in [-0.3, -0.25) is 0 Å². The lowest BCUT2D eigenvalue weighted by molar-refractivity contribution is 0.0462. The molecule has 0 N–H and O–H groups in total. The molecule has 0 heterocycles. The molecule has 1 aromatic rings. The van der Waals surface area contributed by atoms with Gasteiger partial charge >= 0.3 is 0 Å². The zero-order valence-corrected chi connectivity index (χ0v) is 6.79. The molecule has 0 saturated heterocycles. The Hall–Kier alpha value is -1.15. The highest BCUT2D eigenvalue weighted by Gasteiger charge is 1.91. The number of hydrogen-bond donors (Lipinski definition) is 0. The molecule has 2 heteroatoms. The maximum absolute atomic E-state index is 11.6. The first-order chi connectivity index (χ1) is 5.86. The van der Waals surface area contributed by atoms with Crippen LogP contribution in [0.15, 0.2) is 30.8 Å². The molecule has 0 fully saturated rings. The van der Waals surface area contributed by atoms with Gasteiger partial charge in [-0.1, -0.05) is 36.9 Å². The van der Waals surface area contributed by atoms with Crippen molar-refractivity contribution in [3.05, 3.63) is 42.0 Å². The predicted molar refractivity (Wildman–Crippen MR) is 47.3 cm³/mol. The minimum atomic E-state index is -0.733. The van der Waals surface area contributed by atoms with Gasteiger partial charge in [0, 0.05) is 0 Å². The molecule has 0 amide bonds. The van der Waals surface area contributed by atoms with E-state index < -0.39 is 6.86 Å². The zero-order valence-electron chi connectivity index (χ0n) is 6.79. The molecule has 1 aromatic carbocycles. The van der Waals surface area contributed by atoms with Crippen LogP contribution >= 0.6 is 0 Å². The van der Waals surface area contributed by atoms with E-state index in [1.165, 1.54) is 0 Å². The minimum Gasteiger partial charge on any atom is -0.346 e. The summed E-state index contributed by atoms with van der Waals surface area (Å²) in [6.45, 7) is 3.23. The number of ether oxygens (including phenoxy) is 1. The van der Waals surface area contributed by atoms with Crippen LogP contribution in [0.4, 0.5) is 4.39 Å². The third-order valence-electron chi connectivity index (χ3n) is 1.56. The Balaban J connectivity index is 2.58. The summed E-state index contributed by atoms with van der Waals surface area (Å²) in [5.74, 6) is 0. The molecule has 0 unspecified atom stereocenters. The molecule has 12 heavy (non-hydrogen) atoms. The van der Waals surface area contributed by atoms with Gasteiger partial charge in [0.25, 0.3) is 0 Å². The predicted octanol–water partition coefficient (Wildman–Crippen LogP) is 2.77. The molecular formula is C10H11FO. The summed E-state index contributed by atoms with van der Waals surface area (Å²) in [6.07, 6.45) is 1.76. The van der Waals surface area contributed by atoms with Crippen molar-refractivity contribution in [1.82, 2.24) is 0 Å². The average molecular weight is 166 g/mol. The quantitative estimate of drug-likeness (QED) is 0.668. The first-order valence-electron chi connectivity index (χ1n) is 3.72. The molecule has 0 aromatic heterocycles. The van der Waals surface area contributed by atoms with Gasteiger partial charge in [0.2, 0.25) is 0 Å². The molecule has 0 aliphatic carbocycles. The van der Waals surface area contributed by atoms with Gasteiger partial charge in [-0.2, -0.15) is 0 Å². The van der Waals surface area contributed by atoms with Crippen LogP contribution in [-0.4, -0.2) is 6.86 Å². The maximum atomic E-state index is 11.6. The van der Waals surface area contributed by atoms with Crippen molar-refractivity contribution in [2.45, 2.75) is 6.61 Å².